The highest BCUT2D eigenvalue weighted by molar-refractivity contribution is 5.77. The van der Waals surface area contributed by atoms with Crippen LogP contribution in [0.15, 0.2) is 59.7 Å². The van der Waals surface area contributed by atoms with Crippen LogP contribution in [-0.2, 0) is 17.9 Å². The Morgan fingerprint density at radius 3 is 2.65 bits per heavy atom. The van der Waals surface area contributed by atoms with Crippen molar-refractivity contribution in [3.63, 3.8) is 0 Å². The molecule has 0 bridgehead atoms. The molecule has 1 fully saturated rings. The van der Waals surface area contributed by atoms with Crippen LogP contribution in [0.25, 0.3) is 10.9 Å². The monoisotopic (exact) mass is 420 g/mol. The van der Waals surface area contributed by atoms with E-state index in [1.165, 1.54) is 16.5 Å². The minimum Gasteiger partial charge on any atom is -0.497 e. The lowest BCUT2D eigenvalue weighted by atomic mass is 10.2. The number of methoxy groups -OCH3 is 1. The molecule has 0 N–H and O–H groups in total. The molecule has 0 radical (unpaired) electrons. The van der Waals surface area contributed by atoms with Crippen LogP contribution in [0.4, 0.5) is 0 Å². The molecule has 0 spiro atoms. The number of rotatable bonds is 6. The van der Waals surface area contributed by atoms with Crippen molar-refractivity contribution < 1.29 is 9.53 Å². The summed E-state index contributed by atoms with van der Waals surface area (Å²) in [7, 11) is 1.67. The van der Waals surface area contributed by atoms with E-state index < -0.39 is 0 Å². The fourth-order valence-electron chi connectivity index (χ4n) is 4.01. The molecule has 1 aliphatic heterocycles. The van der Waals surface area contributed by atoms with Gasteiger partial charge < -0.3 is 9.64 Å². The highest BCUT2D eigenvalue weighted by Gasteiger charge is 2.19. The molecule has 2 aromatic carbocycles. The summed E-state index contributed by atoms with van der Waals surface area (Å²) in [5.41, 5.74) is 1.82. The van der Waals surface area contributed by atoms with Gasteiger partial charge in [-0.1, -0.05) is 24.3 Å². The molecular weight excluding hydrogens is 392 g/mol. The summed E-state index contributed by atoms with van der Waals surface area (Å²) in [4.78, 5) is 34.0. The molecule has 4 rings (SSSR count). The molecule has 1 aliphatic rings. The van der Waals surface area contributed by atoms with E-state index in [0.29, 0.717) is 30.4 Å². The summed E-state index contributed by atoms with van der Waals surface area (Å²) in [6, 6.07) is 15.4. The molecule has 162 valence electrons. The van der Waals surface area contributed by atoms with Crippen LogP contribution in [0.1, 0.15) is 18.4 Å². The lowest BCUT2D eigenvalue weighted by molar-refractivity contribution is -0.131. The number of hydrogen-bond acceptors (Lipinski definition) is 5. The first kappa shape index (κ1) is 21.1. The van der Waals surface area contributed by atoms with Crippen molar-refractivity contribution in [1.29, 1.82) is 0 Å². The molecule has 3 aromatic rings. The molecule has 7 heteroatoms. The molecule has 1 saturated heterocycles. The number of benzene rings is 2. The molecule has 2 heterocycles. The van der Waals surface area contributed by atoms with E-state index in [9.17, 15) is 9.59 Å². The second-order valence-corrected chi connectivity index (χ2v) is 7.87. The molecule has 0 saturated carbocycles. The number of carbonyl (C=O) groups excluding carboxylic acids is 1. The average Bonchev–Trinajstić information content (AvgIpc) is 3.05. The predicted octanol–water partition coefficient (Wildman–Crippen LogP) is 2.53. The van der Waals surface area contributed by atoms with Crippen LogP contribution in [0.2, 0.25) is 0 Å². The van der Waals surface area contributed by atoms with Crippen molar-refractivity contribution >= 4 is 16.8 Å². The molecule has 7 nitrogen and oxygen atoms in total. The Kier molecular flexibility index (Phi) is 6.62. The number of ether oxygens (including phenoxy) is 1. The third-order valence-electron chi connectivity index (χ3n) is 5.80. The Bertz CT molecular complexity index is 1090. The van der Waals surface area contributed by atoms with Gasteiger partial charge in [-0.05, 0) is 36.2 Å². The first-order valence-corrected chi connectivity index (χ1v) is 10.7. The summed E-state index contributed by atoms with van der Waals surface area (Å²) in [6.45, 7) is 4.48. The van der Waals surface area contributed by atoms with Crippen molar-refractivity contribution in [2.75, 3.05) is 33.3 Å². The SMILES string of the molecule is COc1ccc(CN2CCCN(C(=O)CCn3cnc4ccccc4c3=O)CC2)cc1. The highest BCUT2D eigenvalue weighted by atomic mass is 16.5. The van der Waals surface area contributed by atoms with Gasteiger partial charge in [0.05, 0.1) is 24.3 Å². The summed E-state index contributed by atoms with van der Waals surface area (Å²) < 4.78 is 6.76. The van der Waals surface area contributed by atoms with Gasteiger partial charge in [0.15, 0.2) is 0 Å². The van der Waals surface area contributed by atoms with Crippen molar-refractivity contribution in [3.05, 3.63) is 70.8 Å². The normalized spacial score (nSPS) is 15.1. The minimum atomic E-state index is -0.0973. The third kappa shape index (κ3) is 5.11. The largest absolute Gasteiger partial charge is 0.497 e. The van der Waals surface area contributed by atoms with E-state index in [1.54, 1.807) is 13.2 Å². The number of para-hydroxylation sites is 1. The number of fused-ring (bicyclic) bond motifs is 1. The number of nitrogens with zero attached hydrogens (tertiary/aromatic N) is 4. The van der Waals surface area contributed by atoms with Gasteiger partial charge in [0, 0.05) is 45.7 Å². The summed E-state index contributed by atoms with van der Waals surface area (Å²) in [5, 5.41) is 0.585. The van der Waals surface area contributed by atoms with Crippen LogP contribution >= 0.6 is 0 Å². The number of carbonyl (C=O) groups is 1. The maximum atomic E-state index is 12.8. The van der Waals surface area contributed by atoms with Crippen molar-refractivity contribution in [2.24, 2.45) is 0 Å². The van der Waals surface area contributed by atoms with Crippen LogP contribution in [-0.4, -0.2) is 58.5 Å². The summed E-state index contributed by atoms with van der Waals surface area (Å²) in [5.74, 6) is 0.948. The Morgan fingerprint density at radius 1 is 1.03 bits per heavy atom. The number of hydrogen-bond donors (Lipinski definition) is 0. The Hall–Kier alpha value is -3.19. The summed E-state index contributed by atoms with van der Waals surface area (Å²) >= 11 is 0. The maximum absolute atomic E-state index is 12.8. The molecule has 0 unspecified atom stereocenters. The van der Waals surface area contributed by atoms with Gasteiger partial charge in [0.25, 0.3) is 5.56 Å². The standard InChI is InChI=1S/C24H28N4O3/c1-31-20-9-7-19(8-10-20)17-26-12-4-13-27(16-15-26)23(29)11-14-28-18-25-22-6-3-2-5-21(22)24(28)30/h2-3,5-10,18H,4,11-17H2,1H3. The van der Waals surface area contributed by atoms with Gasteiger partial charge in [-0.3, -0.25) is 19.1 Å². The van der Waals surface area contributed by atoms with Crippen molar-refractivity contribution in [2.45, 2.75) is 25.9 Å². The van der Waals surface area contributed by atoms with Crippen LogP contribution in [0.5, 0.6) is 5.75 Å². The van der Waals surface area contributed by atoms with Crippen molar-refractivity contribution in [1.82, 2.24) is 19.4 Å². The second-order valence-electron chi connectivity index (χ2n) is 7.87. The van der Waals surface area contributed by atoms with Crippen LogP contribution in [0, 0.1) is 0 Å². The minimum absolute atomic E-state index is 0.0892. The van der Waals surface area contributed by atoms with E-state index in [0.717, 1.165) is 38.3 Å². The first-order valence-electron chi connectivity index (χ1n) is 10.7. The first-order chi connectivity index (χ1) is 15.1. The van der Waals surface area contributed by atoms with Gasteiger partial charge in [0.2, 0.25) is 5.91 Å². The van der Waals surface area contributed by atoms with E-state index >= 15 is 0 Å². The van der Waals surface area contributed by atoms with Crippen LogP contribution in [0.3, 0.4) is 0 Å². The predicted molar refractivity (Wildman–Crippen MR) is 120 cm³/mol. The maximum Gasteiger partial charge on any atom is 0.261 e. The molecule has 31 heavy (non-hydrogen) atoms. The summed E-state index contributed by atoms with van der Waals surface area (Å²) in [6.07, 6.45) is 2.79. The molecule has 0 aliphatic carbocycles. The fourth-order valence-corrected chi connectivity index (χ4v) is 4.01. The fraction of sp³-hybridized carbons (Fsp3) is 0.375. The molecular formula is C24H28N4O3. The topological polar surface area (TPSA) is 67.7 Å². The van der Waals surface area contributed by atoms with Crippen molar-refractivity contribution in [3.8, 4) is 5.75 Å². The molecule has 1 aromatic heterocycles. The number of aromatic nitrogens is 2. The zero-order chi connectivity index (χ0) is 21.6. The highest BCUT2D eigenvalue weighted by Crippen LogP contribution is 2.15. The zero-order valence-corrected chi connectivity index (χ0v) is 17.9. The van der Waals surface area contributed by atoms with E-state index in [4.69, 9.17) is 4.74 Å². The Morgan fingerprint density at radius 2 is 1.84 bits per heavy atom. The van der Waals surface area contributed by atoms with E-state index in [-0.39, 0.29) is 11.5 Å². The Labute approximate surface area is 181 Å². The van der Waals surface area contributed by atoms with Gasteiger partial charge in [0.1, 0.15) is 5.75 Å². The van der Waals surface area contributed by atoms with Gasteiger partial charge in [-0.25, -0.2) is 4.98 Å². The molecule has 0 atom stereocenters. The van der Waals surface area contributed by atoms with Gasteiger partial charge in [-0.2, -0.15) is 0 Å². The number of amides is 1. The number of aryl methyl sites for hydroxylation is 1. The smallest absolute Gasteiger partial charge is 0.261 e. The lowest BCUT2D eigenvalue weighted by Crippen LogP contribution is -2.36. The van der Waals surface area contributed by atoms with Crippen LogP contribution < -0.4 is 10.3 Å². The van der Waals surface area contributed by atoms with E-state index in [2.05, 4.69) is 22.0 Å². The molecule has 1 amide bonds. The van der Waals surface area contributed by atoms with Gasteiger partial charge in [-0.15, -0.1) is 0 Å². The zero-order valence-electron chi connectivity index (χ0n) is 17.9. The lowest BCUT2D eigenvalue weighted by Gasteiger charge is -2.22. The average molecular weight is 421 g/mol. The Balaban J connectivity index is 1.31. The quantitative estimate of drug-likeness (QED) is 0.613. The van der Waals surface area contributed by atoms with E-state index in [1.807, 2.05) is 35.2 Å². The third-order valence-corrected chi connectivity index (χ3v) is 5.80. The second kappa shape index (κ2) is 9.75. The van der Waals surface area contributed by atoms with Gasteiger partial charge >= 0.3 is 0 Å².